The standard InChI is InChI=1S/C22H25N3O4/c1-24-9-8-21(23)25-22(26)16-10-19(28-13-15-6-4-3-5-7-15)18-12-17(14-27-2)29-20(18)11-16/h3-11,17,24H,12-14H2,1-2H3,(H2,23,25,26)/b9-8-. The molecule has 2 aromatic carbocycles. The number of hydrogen-bond acceptors (Lipinski definition) is 5. The summed E-state index contributed by atoms with van der Waals surface area (Å²) in [7, 11) is 3.36. The lowest BCUT2D eigenvalue weighted by atomic mass is 10.1. The van der Waals surface area contributed by atoms with Crippen molar-refractivity contribution in [1.82, 2.24) is 5.32 Å². The van der Waals surface area contributed by atoms with Crippen LogP contribution < -0.4 is 20.5 Å². The highest BCUT2D eigenvalue weighted by molar-refractivity contribution is 6.06. The number of carbonyl (C=O) groups is 1. The molecule has 0 bridgehead atoms. The Balaban J connectivity index is 1.87. The second-order valence-corrected chi connectivity index (χ2v) is 6.59. The first kappa shape index (κ1) is 20.4. The molecule has 0 saturated heterocycles. The minimum absolute atomic E-state index is 0.106. The number of ether oxygens (including phenoxy) is 3. The molecular formula is C22H25N3O4. The summed E-state index contributed by atoms with van der Waals surface area (Å²) >= 11 is 0. The van der Waals surface area contributed by atoms with Crippen molar-refractivity contribution < 1.29 is 19.0 Å². The van der Waals surface area contributed by atoms with Gasteiger partial charge in [-0.3, -0.25) is 4.79 Å². The van der Waals surface area contributed by atoms with E-state index in [0.29, 0.717) is 36.7 Å². The zero-order valence-corrected chi connectivity index (χ0v) is 16.6. The molecular weight excluding hydrogens is 370 g/mol. The number of nitrogens with zero attached hydrogens (tertiary/aromatic N) is 1. The minimum atomic E-state index is -0.464. The fourth-order valence-electron chi connectivity index (χ4n) is 3.03. The van der Waals surface area contributed by atoms with Crippen LogP contribution in [-0.4, -0.2) is 38.6 Å². The van der Waals surface area contributed by atoms with Crippen LogP contribution in [0.2, 0.25) is 0 Å². The lowest BCUT2D eigenvalue weighted by molar-refractivity contribution is 0.0947. The summed E-state index contributed by atoms with van der Waals surface area (Å²) in [6.45, 7) is 0.839. The zero-order valence-electron chi connectivity index (χ0n) is 16.6. The molecule has 0 fully saturated rings. The lowest BCUT2D eigenvalue weighted by Crippen LogP contribution is -2.19. The Bertz CT molecular complexity index is 910. The second kappa shape index (κ2) is 9.75. The molecule has 1 aliphatic rings. The van der Waals surface area contributed by atoms with Crippen LogP contribution in [0.3, 0.4) is 0 Å². The molecule has 0 radical (unpaired) electrons. The SMILES string of the molecule is CN/C=C\C(N)=NC(=O)c1cc(OCc2ccccc2)c2c(c1)OC(COC)C2. The molecule has 152 valence electrons. The molecule has 1 amide bonds. The summed E-state index contributed by atoms with van der Waals surface area (Å²) in [6.07, 6.45) is 3.65. The fourth-order valence-corrected chi connectivity index (χ4v) is 3.03. The quantitative estimate of drug-likeness (QED) is 0.527. The van der Waals surface area contributed by atoms with Gasteiger partial charge in [0.2, 0.25) is 0 Å². The minimum Gasteiger partial charge on any atom is -0.488 e. The zero-order chi connectivity index (χ0) is 20.6. The van der Waals surface area contributed by atoms with Gasteiger partial charge < -0.3 is 25.3 Å². The van der Waals surface area contributed by atoms with E-state index >= 15 is 0 Å². The van der Waals surface area contributed by atoms with E-state index in [1.165, 1.54) is 6.08 Å². The molecule has 29 heavy (non-hydrogen) atoms. The monoisotopic (exact) mass is 395 g/mol. The number of aliphatic imine (C=N–C) groups is 1. The number of amidine groups is 1. The third kappa shape index (κ3) is 5.36. The first-order valence-corrected chi connectivity index (χ1v) is 9.32. The molecule has 1 heterocycles. The van der Waals surface area contributed by atoms with Gasteiger partial charge in [0.05, 0.1) is 6.61 Å². The number of benzene rings is 2. The van der Waals surface area contributed by atoms with Crippen molar-refractivity contribution >= 4 is 11.7 Å². The first-order chi connectivity index (χ1) is 14.1. The van der Waals surface area contributed by atoms with Crippen LogP contribution >= 0.6 is 0 Å². The predicted molar refractivity (Wildman–Crippen MR) is 111 cm³/mol. The Kier molecular flexibility index (Phi) is 6.86. The van der Waals surface area contributed by atoms with E-state index in [9.17, 15) is 4.79 Å². The van der Waals surface area contributed by atoms with Crippen molar-refractivity contribution in [3.8, 4) is 11.5 Å². The highest BCUT2D eigenvalue weighted by Gasteiger charge is 2.28. The summed E-state index contributed by atoms with van der Waals surface area (Å²) in [4.78, 5) is 16.5. The Labute approximate surface area is 170 Å². The van der Waals surface area contributed by atoms with Crippen molar-refractivity contribution in [2.24, 2.45) is 10.7 Å². The molecule has 0 saturated carbocycles. The van der Waals surface area contributed by atoms with Crippen LogP contribution in [0.5, 0.6) is 11.5 Å². The van der Waals surface area contributed by atoms with Gasteiger partial charge in [-0.05, 0) is 30.0 Å². The van der Waals surface area contributed by atoms with E-state index < -0.39 is 5.91 Å². The molecule has 3 N–H and O–H groups in total. The van der Waals surface area contributed by atoms with E-state index in [-0.39, 0.29) is 11.9 Å². The maximum atomic E-state index is 12.6. The van der Waals surface area contributed by atoms with Crippen molar-refractivity contribution in [2.45, 2.75) is 19.1 Å². The van der Waals surface area contributed by atoms with Crippen LogP contribution in [0.1, 0.15) is 21.5 Å². The number of rotatable bonds is 8. The van der Waals surface area contributed by atoms with Gasteiger partial charge in [-0.1, -0.05) is 30.3 Å². The van der Waals surface area contributed by atoms with Gasteiger partial charge in [0, 0.05) is 31.7 Å². The number of nitrogens with two attached hydrogens (primary N) is 1. The molecule has 1 unspecified atom stereocenters. The molecule has 2 aromatic rings. The van der Waals surface area contributed by atoms with Crippen molar-refractivity contribution in [2.75, 3.05) is 20.8 Å². The van der Waals surface area contributed by atoms with Gasteiger partial charge in [0.25, 0.3) is 5.91 Å². The van der Waals surface area contributed by atoms with Gasteiger partial charge >= 0.3 is 0 Å². The molecule has 0 aromatic heterocycles. The number of hydrogen-bond donors (Lipinski definition) is 2. The second-order valence-electron chi connectivity index (χ2n) is 6.59. The Morgan fingerprint density at radius 2 is 2.14 bits per heavy atom. The Morgan fingerprint density at radius 1 is 1.34 bits per heavy atom. The summed E-state index contributed by atoms with van der Waals surface area (Å²) in [6, 6.07) is 13.2. The molecule has 3 rings (SSSR count). The van der Waals surface area contributed by atoms with E-state index in [4.69, 9.17) is 19.9 Å². The normalized spacial score (nSPS) is 15.8. The first-order valence-electron chi connectivity index (χ1n) is 9.32. The Hall–Kier alpha value is -3.32. The average molecular weight is 395 g/mol. The summed E-state index contributed by atoms with van der Waals surface area (Å²) in [5, 5.41) is 2.80. The molecule has 7 heteroatoms. The number of nitrogens with one attached hydrogen (secondary N) is 1. The molecule has 7 nitrogen and oxygen atoms in total. The van der Waals surface area contributed by atoms with Crippen molar-refractivity contribution in [3.05, 3.63) is 71.4 Å². The highest BCUT2D eigenvalue weighted by atomic mass is 16.5. The van der Waals surface area contributed by atoms with Gasteiger partial charge in [-0.2, -0.15) is 4.99 Å². The van der Waals surface area contributed by atoms with Crippen molar-refractivity contribution in [3.63, 3.8) is 0 Å². The summed E-state index contributed by atoms with van der Waals surface area (Å²) in [5.41, 5.74) is 8.08. The molecule has 0 aliphatic carbocycles. The summed E-state index contributed by atoms with van der Waals surface area (Å²) < 4.78 is 17.2. The van der Waals surface area contributed by atoms with Crippen LogP contribution in [0.4, 0.5) is 0 Å². The molecule has 0 spiro atoms. The van der Waals surface area contributed by atoms with Crippen molar-refractivity contribution in [1.29, 1.82) is 0 Å². The maximum Gasteiger partial charge on any atom is 0.279 e. The van der Waals surface area contributed by atoms with Gasteiger partial charge in [-0.25, -0.2) is 0 Å². The number of amides is 1. The predicted octanol–water partition coefficient (Wildman–Crippen LogP) is 2.45. The smallest absolute Gasteiger partial charge is 0.279 e. The van der Waals surface area contributed by atoms with Gasteiger partial charge in [-0.15, -0.1) is 0 Å². The van der Waals surface area contributed by atoms with Gasteiger partial charge in [0.1, 0.15) is 30.0 Å². The van der Waals surface area contributed by atoms with Crippen LogP contribution in [0.25, 0.3) is 0 Å². The van der Waals surface area contributed by atoms with E-state index in [1.54, 1.807) is 32.5 Å². The Morgan fingerprint density at radius 3 is 2.86 bits per heavy atom. The topological polar surface area (TPSA) is 95.2 Å². The van der Waals surface area contributed by atoms with Crippen LogP contribution in [0.15, 0.2) is 59.7 Å². The third-order valence-corrected chi connectivity index (χ3v) is 4.38. The largest absolute Gasteiger partial charge is 0.488 e. The molecule has 1 aliphatic heterocycles. The summed E-state index contributed by atoms with van der Waals surface area (Å²) in [5.74, 6) is 0.859. The number of carbonyl (C=O) groups excluding carboxylic acids is 1. The number of methoxy groups -OCH3 is 1. The highest BCUT2D eigenvalue weighted by Crippen LogP contribution is 2.38. The number of fused-ring (bicyclic) bond motifs is 1. The molecule has 1 atom stereocenters. The fraction of sp³-hybridized carbons (Fsp3) is 0.273. The third-order valence-electron chi connectivity index (χ3n) is 4.38. The van der Waals surface area contributed by atoms with E-state index in [0.717, 1.165) is 11.1 Å². The maximum absolute atomic E-state index is 12.6. The van der Waals surface area contributed by atoms with Crippen LogP contribution in [-0.2, 0) is 17.8 Å². The van der Waals surface area contributed by atoms with Gasteiger partial charge in [0.15, 0.2) is 0 Å². The van der Waals surface area contributed by atoms with E-state index in [1.807, 2.05) is 30.3 Å². The van der Waals surface area contributed by atoms with E-state index in [2.05, 4.69) is 10.3 Å². The lowest BCUT2D eigenvalue weighted by Gasteiger charge is -2.11. The van der Waals surface area contributed by atoms with Crippen LogP contribution in [0, 0.1) is 0 Å². The average Bonchev–Trinajstić information content (AvgIpc) is 3.14.